The Morgan fingerprint density at radius 1 is 1.04 bits per heavy atom. The Morgan fingerprint density at radius 2 is 1.70 bits per heavy atom. The first-order valence-electron chi connectivity index (χ1n) is 9.72. The summed E-state index contributed by atoms with van der Waals surface area (Å²) in [5.41, 5.74) is 1.95. The Bertz CT molecular complexity index is 710. The van der Waals surface area contributed by atoms with Gasteiger partial charge in [-0.25, -0.2) is 0 Å². The van der Waals surface area contributed by atoms with Crippen LogP contribution >= 0.6 is 0 Å². The van der Waals surface area contributed by atoms with E-state index in [1.54, 1.807) is 0 Å². The standard InChI is InChI=1S/C22H29N3O2/c1-3-27-21-11-9-19(10-12-21)22(26)23-17-18(2)24-13-15-25(16-14-24)20-7-5-4-6-8-20/h4-12,18H,3,13-17H2,1-2H3,(H,23,26)/t18-/m1/s1. The summed E-state index contributed by atoms with van der Waals surface area (Å²) in [7, 11) is 0. The number of carbonyl (C=O) groups is 1. The van der Waals surface area contributed by atoms with Crippen LogP contribution in [0.5, 0.6) is 5.75 Å². The maximum Gasteiger partial charge on any atom is 0.251 e. The molecule has 3 rings (SSSR count). The average molecular weight is 367 g/mol. The number of para-hydroxylation sites is 1. The number of benzene rings is 2. The number of ether oxygens (including phenoxy) is 1. The van der Waals surface area contributed by atoms with E-state index in [2.05, 4.69) is 52.4 Å². The van der Waals surface area contributed by atoms with Gasteiger partial charge in [-0.1, -0.05) is 18.2 Å². The fraction of sp³-hybridized carbons (Fsp3) is 0.409. The van der Waals surface area contributed by atoms with Crippen molar-refractivity contribution < 1.29 is 9.53 Å². The molecule has 1 fully saturated rings. The lowest BCUT2D eigenvalue weighted by Gasteiger charge is -2.39. The van der Waals surface area contributed by atoms with Crippen molar-refractivity contribution in [2.75, 3.05) is 44.2 Å². The Hall–Kier alpha value is -2.53. The zero-order valence-electron chi connectivity index (χ0n) is 16.2. The Kier molecular flexibility index (Phi) is 6.71. The fourth-order valence-corrected chi connectivity index (χ4v) is 3.40. The summed E-state index contributed by atoms with van der Waals surface area (Å²) in [6.07, 6.45) is 0. The molecule has 0 radical (unpaired) electrons. The van der Waals surface area contributed by atoms with E-state index < -0.39 is 0 Å². The maximum absolute atomic E-state index is 12.4. The minimum Gasteiger partial charge on any atom is -0.494 e. The fourth-order valence-electron chi connectivity index (χ4n) is 3.40. The van der Waals surface area contributed by atoms with E-state index >= 15 is 0 Å². The normalized spacial score (nSPS) is 16.0. The summed E-state index contributed by atoms with van der Waals surface area (Å²) in [4.78, 5) is 17.2. The van der Waals surface area contributed by atoms with Crippen molar-refractivity contribution in [1.82, 2.24) is 10.2 Å². The lowest BCUT2D eigenvalue weighted by molar-refractivity contribution is 0.0934. The molecule has 144 valence electrons. The molecule has 5 nitrogen and oxygen atoms in total. The van der Waals surface area contributed by atoms with Gasteiger partial charge in [0.1, 0.15) is 5.75 Å². The van der Waals surface area contributed by atoms with Crippen LogP contribution < -0.4 is 15.0 Å². The van der Waals surface area contributed by atoms with Crippen LogP contribution in [-0.4, -0.2) is 56.2 Å². The maximum atomic E-state index is 12.4. The van der Waals surface area contributed by atoms with E-state index in [1.807, 2.05) is 31.2 Å². The van der Waals surface area contributed by atoms with Crippen molar-refractivity contribution in [3.63, 3.8) is 0 Å². The topological polar surface area (TPSA) is 44.8 Å². The molecule has 1 saturated heterocycles. The number of hydrogen-bond donors (Lipinski definition) is 1. The number of rotatable bonds is 7. The van der Waals surface area contributed by atoms with Crippen LogP contribution in [0.3, 0.4) is 0 Å². The number of anilines is 1. The highest BCUT2D eigenvalue weighted by atomic mass is 16.5. The van der Waals surface area contributed by atoms with Gasteiger partial charge in [-0.15, -0.1) is 0 Å². The first-order chi connectivity index (χ1) is 13.2. The van der Waals surface area contributed by atoms with Crippen LogP contribution in [0.1, 0.15) is 24.2 Å². The van der Waals surface area contributed by atoms with Gasteiger partial charge in [-0.05, 0) is 50.2 Å². The van der Waals surface area contributed by atoms with Gasteiger partial charge in [-0.2, -0.15) is 0 Å². The van der Waals surface area contributed by atoms with Crippen LogP contribution in [0.15, 0.2) is 54.6 Å². The highest BCUT2D eigenvalue weighted by molar-refractivity contribution is 5.94. The van der Waals surface area contributed by atoms with Crippen molar-refractivity contribution in [3.05, 3.63) is 60.2 Å². The first kappa shape index (κ1) is 19.2. The zero-order valence-corrected chi connectivity index (χ0v) is 16.2. The smallest absolute Gasteiger partial charge is 0.251 e. The highest BCUT2D eigenvalue weighted by Crippen LogP contribution is 2.16. The summed E-state index contributed by atoms with van der Waals surface area (Å²) >= 11 is 0. The number of nitrogens with zero attached hydrogens (tertiary/aromatic N) is 2. The number of hydrogen-bond acceptors (Lipinski definition) is 4. The molecule has 0 saturated carbocycles. The lowest BCUT2D eigenvalue weighted by atomic mass is 10.2. The van der Waals surface area contributed by atoms with Gasteiger partial charge in [0, 0.05) is 50.0 Å². The second-order valence-corrected chi connectivity index (χ2v) is 6.88. The van der Waals surface area contributed by atoms with Crippen molar-refractivity contribution in [2.45, 2.75) is 19.9 Å². The van der Waals surface area contributed by atoms with Crippen LogP contribution in [-0.2, 0) is 0 Å². The van der Waals surface area contributed by atoms with Gasteiger partial charge in [0.15, 0.2) is 0 Å². The Labute approximate surface area is 161 Å². The number of amides is 1. The van der Waals surface area contributed by atoms with Gasteiger partial charge in [-0.3, -0.25) is 9.69 Å². The molecule has 0 spiro atoms. The molecule has 1 heterocycles. The molecule has 5 heteroatoms. The molecular weight excluding hydrogens is 338 g/mol. The second-order valence-electron chi connectivity index (χ2n) is 6.88. The third-order valence-corrected chi connectivity index (χ3v) is 5.04. The summed E-state index contributed by atoms with van der Waals surface area (Å²) < 4.78 is 5.42. The summed E-state index contributed by atoms with van der Waals surface area (Å²) in [6, 6.07) is 18.2. The Morgan fingerprint density at radius 3 is 2.33 bits per heavy atom. The molecule has 0 bridgehead atoms. The molecule has 1 aliphatic rings. The Balaban J connectivity index is 1.44. The molecule has 0 unspecified atom stereocenters. The van der Waals surface area contributed by atoms with E-state index in [-0.39, 0.29) is 5.91 Å². The van der Waals surface area contributed by atoms with Crippen LogP contribution in [0.4, 0.5) is 5.69 Å². The molecule has 0 aromatic heterocycles. The lowest BCUT2D eigenvalue weighted by Crippen LogP contribution is -2.52. The van der Waals surface area contributed by atoms with Crippen molar-refractivity contribution in [3.8, 4) is 5.75 Å². The van der Waals surface area contributed by atoms with Crippen LogP contribution in [0.2, 0.25) is 0 Å². The third-order valence-electron chi connectivity index (χ3n) is 5.04. The molecular formula is C22H29N3O2. The minimum atomic E-state index is -0.0344. The molecule has 27 heavy (non-hydrogen) atoms. The molecule has 0 aliphatic carbocycles. The molecule has 2 aromatic carbocycles. The monoisotopic (exact) mass is 367 g/mol. The SMILES string of the molecule is CCOc1ccc(C(=O)NC[C@@H](C)N2CCN(c3ccccc3)CC2)cc1. The van der Waals surface area contributed by atoms with E-state index in [1.165, 1.54) is 5.69 Å². The molecule has 1 amide bonds. The van der Waals surface area contributed by atoms with Crippen LogP contribution in [0, 0.1) is 0 Å². The quantitative estimate of drug-likeness (QED) is 0.817. The van der Waals surface area contributed by atoms with Crippen molar-refractivity contribution in [2.24, 2.45) is 0 Å². The predicted octanol–water partition coefficient (Wildman–Crippen LogP) is 3.03. The van der Waals surface area contributed by atoms with E-state index in [9.17, 15) is 4.79 Å². The van der Waals surface area contributed by atoms with Crippen LogP contribution in [0.25, 0.3) is 0 Å². The van der Waals surface area contributed by atoms with Gasteiger partial charge < -0.3 is 15.0 Å². The van der Waals surface area contributed by atoms with Gasteiger partial charge in [0.25, 0.3) is 5.91 Å². The van der Waals surface area contributed by atoms with E-state index in [4.69, 9.17) is 4.74 Å². The number of nitrogens with one attached hydrogen (secondary N) is 1. The van der Waals surface area contributed by atoms with Gasteiger partial charge in [0.2, 0.25) is 0 Å². The van der Waals surface area contributed by atoms with E-state index in [0.29, 0.717) is 24.8 Å². The average Bonchev–Trinajstić information content (AvgIpc) is 2.73. The molecule has 1 atom stereocenters. The highest BCUT2D eigenvalue weighted by Gasteiger charge is 2.21. The molecule has 1 aliphatic heterocycles. The third kappa shape index (κ3) is 5.23. The van der Waals surface area contributed by atoms with Crippen molar-refractivity contribution in [1.29, 1.82) is 0 Å². The summed E-state index contributed by atoms with van der Waals surface area (Å²) in [6.45, 7) is 9.45. The largest absolute Gasteiger partial charge is 0.494 e. The predicted molar refractivity (Wildman–Crippen MR) is 110 cm³/mol. The molecule has 1 N–H and O–H groups in total. The molecule has 2 aromatic rings. The number of carbonyl (C=O) groups excluding carboxylic acids is 1. The summed E-state index contributed by atoms with van der Waals surface area (Å²) in [5.74, 6) is 0.756. The zero-order chi connectivity index (χ0) is 19.1. The minimum absolute atomic E-state index is 0.0344. The first-order valence-corrected chi connectivity index (χ1v) is 9.72. The van der Waals surface area contributed by atoms with Gasteiger partial charge in [0.05, 0.1) is 6.61 Å². The number of piperazine rings is 1. The summed E-state index contributed by atoms with van der Waals surface area (Å²) in [5, 5.41) is 3.06. The van der Waals surface area contributed by atoms with Crippen molar-refractivity contribution >= 4 is 11.6 Å². The second kappa shape index (κ2) is 9.42. The van der Waals surface area contributed by atoms with E-state index in [0.717, 1.165) is 31.9 Å². The van der Waals surface area contributed by atoms with Gasteiger partial charge >= 0.3 is 0 Å².